The summed E-state index contributed by atoms with van der Waals surface area (Å²) in [6.45, 7) is 6.65. The molecule has 0 aliphatic heterocycles. The number of aliphatic hydroxyl groups is 1. The minimum absolute atomic E-state index is 0.340. The molecule has 1 fully saturated rings. The largest absolute Gasteiger partial charge is 0.390 e. The van der Waals surface area contributed by atoms with E-state index in [1.54, 1.807) is 0 Å². The zero-order chi connectivity index (χ0) is 9.90. The van der Waals surface area contributed by atoms with Crippen molar-refractivity contribution in [1.29, 1.82) is 0 Å². The lowest BCUT2D eigenvalue weighted by Gasteiger charge is -2.42. The van der Waals surface area contributed by atoms with Crippen molar-refractivity contribution in [3.8, 4) is 0 Å². The second-order valence-electron chi connectivity index (χ2n) is 4.69. The predicted molar refractivity (Wildman–Crippen MR) is 56.7 cm³/mol. The van der Waals surface area contributed by atoms with Crippen LogP contribution in [0.4, 0.5) is 0 Å². The Kier molecular flexibility index (Phi) is 3.78. The number of rotatable bonds is 3. The second kappa shape index (κ2) is 4.45. The van der Waals surface area contributed by atoms with Gasteiger partial charge in [-0.05, 0) is 31.1 Å². The van der Waals surface area contributed by atoms with Gasteiger partial charge in [-0.25, -0.2) is 0 Å². The summed E-state index contributed by atoms with van der Waals surface area (Å²) in [5.41, 5.74) is -0.340. The summed E-state index contributed by atoms with van der Waals surface area (Å²) in [4.78, 5) is 0. The van der Waals surface area contributed by atoms with Gasteiger partial charge in [-0.1, -0.05) is 40.0 Å². The number of hydrogen-bond donors (Lipinski definition) is 1. The van der Waals surface area contributed by atoms with Crippen LogP contribution in [-0.2, 0) is 0 Å². The van der Waals surface area contributed by atoms with Gasteiger partial charge in [0, 0.05) is 0 Å². The van der Waals surface area contributed by atoms with Crippen molar-refractivity contribution in [1.82, 2.24) is 0 Å². The van der Waals surface area contributed by atoms with E-state index in [0.29, 0.717) is 11.8 Å². The van der Waals surface area contributed by atoms with Gasteiger partial charge in [0.05, 0.1) is 5.60 Å². The van der Waals surface area contributed by atoms with Gasteiger partial charge in [0.25, 0.3) is 0 Å². The highest BCUT2D eigenvalue weighted by Gasteiger charge is 2.39. The maximum absolute atomic E-state index is 10.4. The Morgan fingerprint density at radius 2 is 2.08 bits per heavy atom. The van der Waals surface area contributed by atoms with Crippen molar-refractivity contribution in [2.24, 2.45) is 11.8 Å². The van der Waals surface area contributed by atoms with Gasteiger partial charge in [-0.15, -0.1) is 0 Å². The molecule has 1 heteroatoms. The van der Waals surface area contributed by atoms with Gasteiger partial charge in [0.2, 0.25) is 0 Å². The summed E-state index contributed by atoms with van der Waals surface area (Å²) in [7, 11) is 0. The van der Waals surface area contributed by atoms with E-state index in [1.807, 2.05) is 0 Å². The molecular weight excluding hydrogens is 160 g/mol. The molecule has 1 aliphatic carbocycles. The standard InChI is InChI=1S/C12H24O/c1-4-10(3)11-8-6-7-9-12(11,13)5-2/h10-11,13H,4-9H2,1-3H3. The van der Waals surface area contributed by atoms with E-state index in [-0.39, 0.29) is 5.60 Å². The Bertz CT molecular complexity index is 155. The van der Waals surface area contributed by atoms with Crippen LogP contribution in [0.25, 0.3) is 0 Å². The maximum Gasteiger partial charge on any atom is 0.0675 e. The lowest BCUT2D eigenvalue weighted by atomic mass is 9.68. The summed E-state index contributed by atoms with van der Waals surface area (Å²) < 4.78 is 0. The van der Waals surface area contributed by atoms with Gasteiger partial charge >= 0.3 is 0 Å². The molecule has 0 bridgehead atoms. The van der Waals surface area contributed by atoms with E-state index >= 15 is 0 Å². The van der Waals surface area contributed by atoms with E-state index in [0.717, 1.165) is 12.8 Å². The molecule has 0 aromatic carbocycles. The van der Waals surface area contributed by atoms with Gasteiger partial charge in [-0.2, -0.15) is 0 Å². The molecule has 0 saturated heterocycles. The smallest absolute Gasteiger partial charge is 0.0675 e. The molecule has 3 atom stereocenters. The summed E-state index contributed by atoms with van der Waals surface area (Å²) in [6, 6.07) is 0. The molecule has 1 aliphatic rings. The normalized spacial score (nSPS) is 37.4. The van der Waals surface area contributed by atoms with Crippen LogP contribution in [0.1, 0.15) is 59.3 Å². The van der Waals surface area contributed by atoms with Crippen molar-refractivity contribution in [2.75, 3.05) is 0 Å². The Morgan fingerprint density at radius 1 is 1.38 bits per heavy atom. The fourth-order valence-corrected chi connectivity index (χ4v) is 2.79. The molecule has 0 heterocycles. The van der Waals surface area contributed by atoms with Crippen LogP contribution in [0.5, 0.6) is 0 Å². The molecule has 1 saturated carbocycles. The molecule has 13 heavy (non-hydrogen) atoms. The summed E-state index contributed by atoms with van der Waals surface area (Å²) in [5, 5.41) is 10.4. The molecule has 1 rings (SSSR count). The molecule has 78 valence electrons. The first kappa shape index (κ1) is 11.0. The summed E-state index contributed by atoms with van der Waals surface area (Å²) in [5.74, 6) is 1.24. The SMILES string of the molecule is CCC(C)C1CCCCC1(O)CC. The van der Waals surface area contributed by atoms with Crippen LogP contribution >= 0.6 is 0 Å². The zero-order valence-corrected chi connectivity index (χ0v) is 9.34. The Hall–Kier alpha value is -0.0400. The first-order valence-electron chi connectivity index (χ1n) is 5.86. The predicted octanol–water partition coefficient (Wildman–Crippen LogP) is 3.36. The Morgan fingerprint density at radius 3 is 2.62 bits per heavy atom. The molecule has 0 spiro atoms. The van der Waals surface area contributed by atoms with Gasteiger partial charge in [-0.3, -0.25) is 0 Å². The zero-order valence-electron chi connectivity index (χ0n) is 9.34. The average Bonchev–Trinajstić information content (AvgIpc) is 2.17. The van der Waals surface area contributed by atoms with Gasteiger partial charge in [0.15, 0.2) is 0 Å². The monoisotopic (exact) mass is 184 g/mol. The molecule has 0 aromatic heterocycles. The maximum atomic E-state index is 10.4. The van der Waals surface area contributed by atoms with Crippen LogP contribution in [-0.4, -0.2) is 10.7 Å². The number of hydrogen-bond acceptors (Lipinski definition) is 1. The molecular formula is C12H24O. The highest BCUT2D eigenvalue weighted by Crippen LogP contribution is 2.41. The highest BCUT2D eigenvalue weighted by atomic mass is 16.3. The van der Waals surface area contributed by atoms with Crippen LogP contribution in [0.15, 0.2) is 0 Å². The topological polar surface area (TPSA) is 20.2 Å². The lowest BCUT2D eigenvalue weighted by molar-refractivity contribution is -0.0717. The third-order valence-electron chi connectivity index (χ3n) is 4.01. The van der Waals surface area contributed by atoms with Crippen molar-refractivity contribution >= 4 is 0 Å². The van der Waals surface area contributed by atoms with Crippen LogP contribution in [0.3, 0.4) is 0 Å². The van der Waals surface area contributed by atoms with Gasteiger partial charge < -0.3 is 5.11 Å². The van der Waals surface area contributed by atoms with Crippen molar-refractivity contribution in [2.45, 2.75) is 64.9 Å². The van der Waals surface area contributed by atoms with Crippen molar-refractivity contribution in [3.63, 3.8) is 0 Å². The highest BCUT2D eigenvalue weighted by molar-refractivity contribution is 4.90. The van der Waals surface area contributed by atoms with E-state index in [4.69, 9.17) is 0 Å². The lowest BCUT2D eigenvalue weighted by Crippen LogP contribution is -2.43. The van der Waals surface area contributed by atoms with Crippen molar-refractivity contribution in [3.05, 3.63) is 0 Å². The molecule has 0 aromatic rings. The van der Waals surface area contributed by atoms with E-state index in [1.165, 1.54) is 25.7 Å². The van der Waals surface area contributed by atoms with Crippen LogP contribution < -0.4 is 0 Å². The molecule has 0 amide bonds. The summed E-state index contributed by atoms with van der Waals surface area (Å²) in [6.07, 6.45) is 6.93. The average molecular weight is 184 g/mol. The second-order valence-corrected chi connectivity index (χ2v) is 4.69. The Labute approximate surface area is 82.5 Å². The fraction of sp³-hybridized carbons (Fsp3) is 1.00. The quantitative estimate of drug-likeness (QED) is 0.713. The van der Waals surface area contributed by atoms with Gasteiger partial charge in [0.1, 0.15) is 0 Å². The summed E-state index contributed by atoms with van der Waals surface area (Å²) >= 11 is 0. The van der Waals surface area contributed by atoms with Crippen LogP contribution in [0.2, 0.25) is 0 Å². The minimum Gasteiger partial charge on any atom is -0.390 e. The van der Waals surface area contributed by atoms with E-state index in [9.17, 15) is 5.11 Å². The Balaban J connectivity index is 2.67. The fourth-order valence-electron chi connectivity index (χ4n) is 2.79. The van der Waals surface area contributed by atoms with Crippen LogP contribution in [0, 0.1) is 11.8 Å². The van der Waals surface area contributed by atoms with E-state index < -0.39 is 0 Å². The molecule has 0 radical (unpaired) electrons. The molecule has 1 nitrogen and oxygen atoms in total. The minimum atomic E-state index is -0.340. The molecule has 3 unspecified atom stereocenters. The first-order chi connectivity index (χ1) is 6.14. The van der Waals surface area contributed by atoms with E-state index in [2.05, 4.69) is 20.8 Å². The third-order valence-corrected chi connectivity index (χ3v) is 4.01. The molecule has 1 N–H and O–H groups in total. The third kappa shape index (κ3) is 2.25. The first-order valence-corrected chi connectivity index (χ1v) is 5.86. The van der Waals surface area contributed by atoms with Crippen molar-refractivity contribution < 1.29 is 5.11 Å².